The Hall–Kier alpha value is -1.68. The number of carbonyl (C=O) groups excluding carboxylic acids is 1. The fourth-order valence-corrected chi connectivity index (χ4v) is 2.89. The van der Waals surface area contributed by atoms with E-state index < -0.39 is 0 Å². The number of hydrogen-bond donors (Lipinski definition) is 1. The smallest absolute Gasteiger partial charge is 0.220 e. The molecule has 0 radical (unpaired) electrons. The largest absolute Gasteiger partial charge is 0.350 e. The zero-order valence-corrected chi connectivity index (χ0v) is 13.0. The van der Waals surface area contributed by atoms with Gasteiger partial charge in [-0.2, -0.15) is 0 Å². The fraction of sp³-hybridized carbons (Fsp3) is 0.375. The number of benzene rings is 1. The maximum absolute atomic E-state index is 11.9. The van der Waals surface area contributed by atoms with Gasteiger partial charge in [-0.15, -0.1) is 11.3 Å². The second kappa shape index (κ2) is 6.66. The van der Waals surface area contributed by atoms with Gasteiger partial charge >= 0.3 is 0 Å². The third kappa shape index (κ3) is 3.90. The molecule has 1 aromatic heterocycles. The van der Waals surface area contributed by atoms with Gasteiger partial charge in [-0.05, 0) is 38.3 Å². The van der Waals surface area contributed by atoms with Crippen LogP contribution in [0.4, 0.5) is 0 Å². The van der Waals surface area contributed by atoms with Crippen molar-refractivity contribution in [1.82, 2.24) is 10.3 Å². The molecule has 0 atom stereocenters. The molecule has 1 amide bonds. The van der Waals surface area contributed by atoms with Crippen LogP contribution in [0.3, 0.4) is 0 Å². The van der Waals surface area contributed by atoms with Crippen molar-refractivity contribution in [3.05, 3.63) is 51.0 Å². The predicted octanol–water partition coefficient (Wildman–Crippen LogP) is 3.32. The summed E-state index contributed by atoms with van der Waals surface area (Å²) in [7, 11) is 0. The Morgan fingerprint density at radius 3 is 2.65 bits per heavy atom. The number of amides is 1. The molecule has 0 saturated heterocycles. The summed E-state index contributed by atoms with van der Waals surface area (Å²) in [4.78, 5) is 17.5. The molecule has 0 unspecified atom stereocenters. The normalized spacial score (nSPS) is 10.6. The highest BCUT2D eigenvalue weighted by molar-refractivity contribution is 7.11. The Labute approximate surface area is 124 Å². The van der Waals surface area contributed by atoms with Gasteiger partial charge in [0.1, 0.15) is 5.01 Å². The molecule has 4 heteroatoms. The lowest BCUT2D eigenvalue weighted by Gasteiger charge is -2.06. The zero-order valence-electron chi connectivity index (χ0n) is 12.2. The molecule has 0 fully saturated rings. The second-order valence-corrected chi connectivity index (χ2v) is 6.24. The first-order chi connectivity index (χ1) is 9.56. The molecular weight excluding hydrogens is 268 g/mol. The molecule has 2 rings (SSSR count). The van der Waals surface area contributed by atoms with Crippen molar-refractivity contribution >= 4 is 17.2 Å². The number of hydrogen-bond acceptors (Lipinski definition) is 3. The molecule has 0 bridgehead atoms. The molecular formula is C16H20N2OS. The molecule has 0 aliphatic rings. The third-order valence-electron chi connectivity index (χ3n) is 3.39. The Morgan fingerprint density at radius 1 is 1.25 bits per heavy atom. The lowest BCUT2D eigenvalue weighted by Crippen LogP contribution is -2.23. The summed E-state index contributed by atoms with van der Waals surface area (Å²) in [5, 5.41) is 3.91. The summed E-state index contributed by atoms with van der Waals surface area (Å²) in [6.45, 7) is 6.66. The van der Waals surface area contributed by atoms with E-state index in [0.29, 0.717) is 13.0 Å². The summed E-state index contributed by atoms with van der Waals surface area (Å²) in [6.07, 6.45) is 1.31. The van der Waals surface area contributed by atoms with E-state index in [1.807, 2.05) is 19.1 Å². The van der Waals surface area contributed by atoms with Crippen LogP contribution in [-0.4, -0.2) is 10.9 Å². The van der Waals surface area contributed by atoms with Crippen molar-refractivity contribution in [3.8, 4) is 0 Å². The number of aromatic nitrogens is 1. The van der Waals surface area contributed by atoms with E-state index in [-0.39, 0.29) is 5.91 Å². The molecule has 0 saturated carbocycles. The first-order valence-electron chi connectivity index (χ1n) is 6.80. The van der Waals surface area contributed by atoms with Gasteiger partial charge in [0.25, 0.3) is 0 Å². The highest BCUT2D eigenvalue weighted by Gasteiger charge is 2.07. The minimum atomic E-state index is 0.0822. The van der Waals surface area contributed by atoms with Crippen LogP contribution >= 0.6 is 11.3 Å². The number of nitrogens with zero attached hydrogens (tertiary/aromatic N) is 1. The lowest BCUT2D eigenvalue weighted by atomic mass is 10.0. The Bertz CT molecular complexity index is 585. The summed E-state index contributed by atoms with van der Waals surface area (Å²) in [5.74, 6) is 0.0822. The maximum Gasteiger partial charge on any atom is 0.220 e. The highest BCUT2D eigenvalue weighted by atomic mass is 32.1. The van der Waals surface area contributed by atoms with Crippen LogP contribution in [0, 0.1) is 20.8 Å². The molecule has 1 N–H and O–H groups in total. The summed E-state index contributed by atoms with van der Waals surface area (Å²) in [6, 6.07) is 8.19. The van der Waals surface area contributed by atoms with Gasteiger partial charge in [0.05, 0.1) is 12.2 Å². The van der Waals surface area contributed by atoms with Crippen molar-refractivity contribution in [1.29, 1.82) is 0 Å². The molecule has 0 aliphatic heterocycles. The van der Waals surface area contributed by atoms with Crippen molar-refractivity contribution in [2.24, 2.45) is 0 Å². The average Bonchev–Trinajstić information content (AvgIpc) is 2.75. The topological polar surface area (TPSA) is 42.0 Å². The van der Waals surface area contributed by atoms with Crippen LogP contribution in [0.1, 0.15) is 33.1 Å². The predicted molar refractivity (Wildman–Crippen MR) is 82.9 cm³/mol. The van der Waals surface area contributed by atoms with E-state index in [1.165, 1.54) is 16.0 Å². The molecule has 1 heterocycles. The Kier molecular flexibility index (Phi) is 4.90. The number of rotatable bonds is 5. The summed E-state index contributed by atoms with van der Waals surface area (Å²) < 4.78 is 0. The number of thiazole rings is 1. The SMILES string of the molecule is Cc1ccccc1CCC(=O)NCc1nc(C)c(C)s1. The minimum absolute atomic E-state index is 0.0822. The molecule has 0 aliphatic carbocycles. The van der Waals surface area contributed by atoms with Gasteiger partial charge in [-0.3, -0.25) is 4.79 Å². The van der Waals surface area contributed by atoms with Crippen LogP contribution in [0.5, 0.6) is 0 Å². The monoisotopic (exact) mass is 288 g/mol. The second-order valence-electron chi connectivity index (χ2n) is 4.95. The Balaban J connectivity index is 1.80. The number of carbonyl (C=O) groups is 1. The van der Waals surface area contributed by atoms with Crippen LogP contribution in [0.2, 0.25) is 0 Å². The van der Waals surface area contributed by atoms with Crippen molar-refractivity contribution in [3.63, 3.8) is 0 Å². The van der Waals surface area contributed by atoms with Crippen LogP contribution in [0.15, 0.2) is 24.3 Å². The van der Waals surface area contributed by atoms with E-state index >= 15 is 0 Å². The number of aryl methyl sites for hydroxylation is 4. The average molecular weight is 288 g/mol. The minimum Gasteiger partial charge on any atom is -0.350 e. The van der Waals surface area contributed by atoms with Gasteiger partial charge < -0.3 is 5.32 Å². The quantitative estimate of drug-likeness (QED) is 0.917. The first-order valence-corrected chi connectivity index (χ1v) is 7.62. The van der Waals surface area contributed by atoms with Gasteiger partial charge in [-0.1, -0.05) is 24.3 Å². The lowest BCUT2D eigenvalue weighted by molar-refractivity contribution is -0.121. The van der Waals surface area contributed by atoms with Gasteiger partial charge in [-0.25, -0.2) is 4.98 Å². The van der Waals surface area contributed by atoms with Gasteiger partial charge in [0.2, 0.25) is 5.91 Å². The van der Waals surface area contributed by atoms with Crippen LogP contribution in [0.25, 0.3) is 0 Å². The van der Waals surface area contributed by atoms with Crippen LogP contribution in [-0.2, 0) is 17.8 Å². The van der Waals surface area contributed by atoms with E-state index in [2.05, 4.69) is 36.3 Å². The zero-order chi connectivity index (χ0) is 14.5. The van der Waals surface area contributed by atoms with Crippen LogP contribution < -0.4 is 5.32 Å². The molecule has 0 spiro atoms. The van der Waals surface area contributed by atoms with Crippen molar-refractivity contribution in [2.45, 2.75) is 40.2 Å². The van der Waals surface area contributed by atoms with Gasteiger partial charge in [0, 0.05) is 11.3 Å². The molecule has 3 nitrogen and oxygen atoms in total. The standard InChI is InChI=1S/C16H20N2OS/c1-11-6-4-5-7-14(11)8-9-15(19)17-10-16-18-12(2)13(3)20-16/h4-7H,8-10H2,1-3H3,(H,17,19). The number of nitrogens with one attached hydrogen (secondary N) is 1. The molecule has 20 heavy (non-hydrogen) atoms. The van der Waals surface area contributed by atoms with Crippen molar-refractivity contribution < 1.29 is 4.79 Å². The van der Waals surface area contributed by atoms with E-state index in [0.717, 1.165) is 17.1 Å². The van der Waals surface area contributed by atoms with E-state index in [9.17, 15) is 4.79 Å². The fourth-order valence-electron chi connectivity index (χ4n) is 2.02. The van der Waals surface area contributed by atoms with E-state index in [4.69, 9.17) is 0 Å². The van der Waals surface area contributed by atoms with E-state index in [1.54, 1.807) is 11.3 Å². The molecule has 106 valence electrons. The molecule has 2 aromatic rings. The summed E-state index contributed by atoms with van der Waals surface area (Å²) in [5.41, 5.74) is 3.54. The Morgan fingerprint density at radius 2 is 2.00 bits per heavy atom. The maximum atomic E-state index is 11.9. The van der Waals surface area contributed by atoms with Crippen molar-refractivity contribution in [2.75, 3.05) is 0 Å². The molecule has 1 aromatic carbocycles. The van der Waals surface area contributed by atoms with Gasteiger partial charge in [0.15, 0.2) is 0 Å². The first kappa shape index (κ1) is 14.7. The summed E-state index contributed by atoms with van der Waals surface area (Å²) >= 11 is 1.65. The highest BCUT2D eigenvalue weighted by Crippen LogP contribution is 2.16. The third-order valence-corrected chi connectivity index (χ3v) is 4.47.